The zero-order valence-corrected chi connectivity index (χ0v) is 12.6. The highest BCUT2D eigenvalue weighted by Gasteiger charge is 2.24. The fraction of sp³-hybridized carbons (Fsp3) is 0.588. The highest BCUT2D eigenvalue weighted by atomic mass is 16.1. The van der Waals surface area contributed by atoms with Crippen LogP contribution in [0.15, 0.2) is 30.3 Å². The minimum Gasteiger partial charge on any atom is -0.369 e. The van der Waals surface area contributed by atoms with Gasteiger partial charge >= 0.3 is 0 Å². The van der Waals surface area contributed by atoms with Gasteiger partial charge in [-0.15, -0.1) is 0 Å². The molecule has 1 amide bonds. The lowest BCUT2D eigenvalue weighted by Gasteiger charge is -2.19. The molecule has 0 radical (unpaired) electrons. The second-order valence-electron chi connectivity index (χ2n) is 6.23. The molecular weight excluding hydrogens is 262 g/mol. The lowest BCUT2D eigenvalue weighted by atomic mass is 10.0. The maximum Gasteiger partial charge on any atom is 0.220 e. The van der Waals surface area contributed by atoms with E-state index >= 15 is 0 Å². The topological polar surface area (TPSA) is 44.4 Å². The van der Waals surface area contributed by atoms with Crippen LogP contribution in [0.1, 0.15) is 25.7 Å². The molecule has 2 saturated heterocycles. The van der Waals surface area contributed by atoms with Crippen molar-refractivity contribution in [3.63, 3.8) is 0 Å². The Balaban J connectivity index is 1.41. The Kier molecular flexibility index (Phi) is 4.76. The van der Waals surface area contributed by atoms with Crippen LogP contribution in [0.4, 0.5) is 5.69 Å². The predicted molar refractivity (Wildman–Crippen MR) is 85.4 cm³/mol. The number of amides is 1. The van der Waals surface area contributed by atoms with Crippen molar-refractivity contribution < 1.29 is 4.79 Å². The summed E-state index contributed by atoms with van der Waals surface area (Å²) in [5.74, 6) is 0.918. The summed E-state index contributed by atoms with van der Waals surface area (Å²) in [5.41, 5.74) is 1.26. The largest absolute Gasteiger partial charge is 0.369 e. The second kappa shape index (κ2) is 6.94. The van der Waals surface area contributed by atoms with Crippen LogP contribution in [-0.2, 0) is 4.79 Å². The molecule has 21 heavy (non-hydrogen) atoms. The average Bonchev–Trinajstić information content (AvgIpc) is 3.17. The van der Waals surface area contributed by atoms with E-state index in [0.29, 0.717) is 18.4 Å². The Labute approximate surface area is 126 Å². The summed E-state index contributed by atoms with van der Waals surface area (Å²) in [6.45, 7) is 4.15. The Hall–Kier alpha value is -1.55. The summed E-state index contributed by atoms with van der Waals surface area (Å²) in [6, 6.07) is 10.7. The summed E-state index contributed by atoms with van der Waals surface area (Å²) in [4.78, 5) is 14.4. The number of nitrogens with one attached hydrogen (secondary N) is 2. The second-order valence-corrected chi connectivity index (χ2v) is 6.23. The molecular formula is C17H25N3O. The zero-order chi connectivity index (χ0) is 14.5. The van der Waals surface area contributed by atoms with Crippen LogP contribution in [0.2, 0.25) is 0 Å². The number of hydrogen-bond donors (Lipinski definition) is 2. The minimum absolute atomic E-state index is 0.224. The third-order valence-corrected chi connectivity index (χ3v) is 4.62. The average molecular weight is 287 g/mol. The number of hydrogen-bond acceptors (Lipinski definition) is 3. The molecule has 2 fully saturated rings. The third kappa shape index (κ3) is 3.97. The van der Waals surface area contributed by atoms with Gasteiger partial charge in [0.2, 0.25) is 5.91 Å². The number of nitrogens with zero attached hydrogens (tertiary/aromatic N) is 1. The Bertz CT molecular complexity index is 456. The van der Waals surface area contributed by atoms with Gasteiger partial charge < -0.3 is 15.5 Å². The monoisotopic (exact) mass is 287 g/mol. The molecule has 2 unspecified atom stereocenters. The summed E-state index contributed by atoms with van der Waals surface area (Å²) in [6.07, 6.45) is 3.96. The van der Waals surface area contributed by atoms with E-state index in [0.717, 1.165) is 39.0 Å². The van der Waals surface area contributed by atoms with Gasteiger partial charge in [0.15, 0.2) is 0 Å². The molecule has 4 heteroatoms. The van der Waals surface area contributed by atoms with Crippen LogP contribution in [0.25, 0.3) is 0 Å². The molecule has 4 nitrogen and oxygen atoms in total. The number of carbonyl (C=O) groups excluding carboxylic acids is 1. The van der Waals surface area contributed by atoms with Crippen molar-refractivity contribution in [1.82, 2.24) is 10.6 Å². The van der Waals surface area contributed by atoms with E-state index < -0.39 is 0 Å². The van der Waals surface area contributed by atoms with E-state index in [1.807, 2.05) is 6.07 Å². The van der Waals surface area contributed by atoms with Crippen molar-refractivity contribution in [1.29, 1.82) is 0 Å². The van der Waals surface area contributed by atoms with E-state index in [-0.39, 0.29) is 5.91 Å². The van der Waals surface area contributed by atoms with E-state index in [9.17, 15) is 4.79 Å². The van der Waals surface area contributed by atoms with Gasteiger partial charge in [-0.3, -0.25) is 4.79 Å². The molecule has 2 aliphatic rings. The van der Waals surface area contributed by atoms with Gasteiger partial charge in [0.1, 0.15) is 0 Å². The molecule has 2 aliphatic heterocycles. The van der Waals surface area contributed by atoms with Crippen LogP contribution in [0.3, 0.4) is 0 Å². The predicted octanol–water partition coefficient (Wildman–Crippen LogP) is 1.77. The smallest absolute Gasteiger partial charge is 0.220 e. The van der Waals surface area contributed by atoms with Crippen LogP contribution in [0.5, 0.6) is 0 Å². The van der Waals surface area contributed by atoms with Gasteiger partial charge in [0.25, 0.3) is 0 Å². The van der Waals surface area contributed by atoms with Gasteiger partial charge in [-0.1, -0.05) is 18.2 Å². The standard InChI is InChI=1S/C17H25N3O/c21-17(7-6-14-8-10-18-12-14)19-15-9-11-20(13-15)16-4-2-1-3-5-16/h1-5,14-15,18H,6-13H2,(H,19,21). The molecule has 2 N–H and O–H groups in total. The molecule has 1 aromatic rings. The number of anilines is 1. The van der Waals surface area contributed by atoms with Crippen LogP contribution >= 0.6 is 0 Å². The first-order chi connectivity index (χ1) is 10.3. The van der Waals surface area contributed by atoms with Gasteiger partial charge in [-0.2, -0.15) is 0 Å². The highest BCUT2D eigenvalue weighted by Crippen LogP contribution is 2.20. The van der Waals surface area contributed by atoms with Crippen molar-refractivity contribution in [2.24, 2.45) is 5.92 Å². The van der Waals surface area contributed by atoms with Crippen molar-refractivity contribution in [2.45, 2.75) is 31.7 Å². The summed E-state index contributed by atoms with van der Waals surface area (Å²) in [7, 11) is 0. The van der Waals surface area contributed by atoms with Crippen LogP contribution in [0, 0.1) is 5.92 Å². The maximum absolute atomic E-state index is 12.0. The van der Waals surface area contributed by atoms with Crippen molar-refractivity contribution in [2.75, 3.05) is 31.1 Å². The SMILES string of the molecule is O=C(CCC1CCNC1)NC1CCN(c2ccccc2)C1. The van der Waals surface area contributed by atoms with E-state index in [1.54, 1.807) is 0 Å². The molecule has 1 aromatic carbocycles. The molecule has 0 saturated carbocycles. The maximum atomic E-state index is 12.0. The summed E-state index contributed by atoms with van der Waals surface area (Å²) >= 11 is 0. The molecule has 0 aliphatic carbocycles. The van der Waals surface area contributed by atoms with Crippen LogP contribution in [-0.4, -0.2) is 38.1 Å². The van der Waals surface area contributed by atoms with E-state index in [1.165, 1.54) is 12.1 Å². The third-order valence-electron chi connectivity index (χ3n) is 4.62. The first kappa shape index (κ1) is 14.4. The first-order valence-corrected chi connectivity index (χ1v) is 8.11. The fourth-order valence-electron chi connectivity index (χ4n) is 3.35. The highest BCUT2D eigenvalue weighted by molar-refractivity contribution is 5.76. The molecule has 2 atom stereocenters. The minimum atomic E-state index is 0.224. The molecule has 0 spiro atoms. The lowest BCUT2D eigenvalue weighted by molar-refractivity contribution is -0.121. The van der Waals surface area contributed by atoms with Crippen molar-refractivity contribution in [3.8, 4) is 0 Å². The van der Waals surface area contributed by atoms with E-state index in [4.69, 9.17) is 0 Å². The lowest BCUT2D eigenvalue weighted by Crippen LogP contribution is -2.37. The molecule has 3 rings (SSSR count). The van der Waals surface area contributed by atoms with Gasteiger partial charge in [-0.25, -0.2) is 0 Å². The van der Waals surface area contributed by atoms with Gasteiger partial charge in [0.05, 0.1) is 0 Å². The fourth-order valence-corrected chi connectivity index (χ4v) is 3.35. The Morgan fingerprint density at radius 3 is 2.90 bits per heavy atom. The zero-order valence-electron chi connectivity index (χ0n) is 12.6. The quantitative estimate of drug-likeness (QED) is 0.867. The van der Waals surface area contributed by atoms with Crippen molar-refractivity contribution in [3.05, 3.63) is 30.3 Å². The molecule has 2 heterocycles. The van der Waals surface area contributed by atoms with Crippen molar-refractivity contribution >= 4 is 11.6 Å². The van der Waals surface area contributed by atoms with E-state index in [2.05, 4.69) is 39.8 Å². The summed E-state index contributed by atoms with van der Waals surface area (Å²) in [5, 5.41) is 6.56. The first-order valence-electron chi connectivity index (χ1n) is 8.11. The number of benzene rings is 1. The molecule has 0 aromatic heterocycles. The Morgan fingerprint density at radius 2 is 2.14 bits per heavy atom. The van der Waals surface area contributed by atoms with Crippen LogP contribution < -0.4 is 15.5 Å². The number of carbonyl (C=O) groups is 1. The van der Waals surface area contributed by atoms with Gasteiger partial charge in [0, 0.05) is 31.2 Å². The Morgan fingerprint density at radius 1 is 1.29 bits per heavy atom. The van der Waals surface area contributed by atoms with Gasteiger partial charge in [-0.05, 0) is 50.4 Å². The molecule has 114 valence electrons. The normalized spacial score (nSPS) is 25.2. The summed E-state index contributed by atoms with van der Waals surface area (Å²) < 4.78 is 0. The molecule has 0 bridgehead atoms. The number of rotatable bonds is 5. The number of para-hydroxylation sites is 1.